The van der Waals surface area contributed by atoms with Crippen LogP contribution in [0.15, 0.2) is 36.5 Å². The van der Waals surface area contributed by atoms with Gasteiger partial charge in [-0.2, -0.15) is 39.5 Å². The Bertz CT molecular complexity index is 961. The molecule has 1 aromatic heterocycles. The summed E-state index contributed by atoms with van der Waals surface area (Å²) in [5, 5.41) is 8.42. The number of carbonyl (C=O) groups is 1. The lowest BCUT2D eigenvalue weighted by Gasteiger charge is -2.33. The number of hydroxylamine groups is 1. The highest BCUT2D eigenvalue weighted by molar-refractivity contribution is 5.93. The second-order valence-corrected chi connectivity index (χ2v) is 5.80. The van der Waals surface area contributed by atoms with E-state index in [1.54, 1.807) is 0 Å². The SMILES string of the molecule is O=C(NO)c1cnc(Oc2ccc(C(F)(F)C(F)(F)C(F)(F)C(F)(F)F)cc2)c(F)c1. The summed E-state index contributed by atoms with van der Waals surface area (Å²) in [6.07, 6.45) is -6.22. The van der Waals surface area contributed by atoms with E-state index < -0.39 is 58.4 Å². The van der Waals surface area contributed by atoms with E-state index >= 15 is 0 Å². The average molecular weight is 466 g/mol. The third kappa shape index (κ3) is 4.22. The second-order valence-electron chi connectivity index (χ2n) is 5.80. The minimum atomic E-state index is -7.05. The molecular formula is C16H8F10N2O3. The molecule has 2 N–H and O–H groups in total. The molecule has 1 aromatic carbocycles. The number of nitrogens with zero attached hydrogens (tertiary/aromatic N) is 1. The van der Waals surface area contributed by atoms with Gasteiger partial charge in [-0.15, -0.1) is 0 Å². The zero-order valence-corrected chi connectivity index (χ0v) is 14.5. The van der Waals surface area contributed by atoms with Gasteiger partial charge in [0.1, 0.15) is 5.75 Å². The average Bonchev–Trinajstić information content (AvgIpc) is 2.68. The number of amides is 1. The number of ether oxygens (including phenoxy) is 1. The monoisotopic (exact) mass is 466 g/mol. The molecule has 0 saturated carbocycles. The van der Waals surface area contributed by atoms with Crippen LogP contribution in [0.2, 0.25) is 0 Å². The topological polar surface area (TPSA) is 71.5 Å². The molecular weight excluding hydrogens is 458 g/mol. The van der Waals surface area contributed by atoms with Gasteiger partial charge >= 0.3 is 23.9 Å². The second kappa shape index (κ2) is 7.86. The minimum absolute atomic E-state index is 0.0706. The van der Waals surface area contributed by atoms with Crippen LogP contribution in [-0.4, -0.2) is 34.1 Å². The van der Waals surface area contributed by atoms with Crippen molar-refractivity contribution in [3.63, 3.8) is 0 Å². The highest BCUT2D eigenvalue weighted by Crippen LogP contribution is 2.56. The molecule has 0 spiro atoms. The first kappa shape index (κ1) is 24.2. The number of benzene rings is 1. The summed E-state index contributed by atoms with van der Waals surface area (Å²) < 4.78 is 136. The molecule has 0 atom stereocenters. The van der Waals surface area contributed by atoms with Gasteiger partial charge in [0.25, 0.3) is 11.8 Å². The highest BCUT2D eigenvalue weighted by atomic mass is 19.4. The molecule has 0 bridgehead atoms. The molecule has 0 unspecified atom stereocenters. The maximum absolute atomic E-state index is 13.8. The lowest BCUT2D eigenvalue weighted by molar-refractivity contribution is -0.399. The summed E-state index contributed by atoms with van der Waals surface area (Å²) in [6, 6.07) is 1.61. The summed E-state index contributed by atoms with van der Waals surface area (Å²) >= 11 is 0. The Labute approximate surface area is 165 Å². The summed E-state index contributed by atoms with van der Waals surface area (Å²) in [7, 11) is 0. The third-order valence-electron chi connectivity index (χ3n) is 3.75. The normalized spacial score (nSPS) is 13.1. The van der Waals surface area contributed by atoms with Gasteiger partial charge in [0.05, 0.1) is 5.56 Å². The van der Waals surface area contributed by atoms with E-state index in [0.29, 0.717) is 18.2 Å². The fourth-order valence-corrected chi connectivity index (χ4v) is 2.09. The fourth-order valence-electron chi connectivity index (χ4n) is 2.09. The van der Waals surface area contributed by atoms with Crippen molar-refractivity contribution < 1.29 is 58.6 Å². The van der Waals surface area contributed by atoms with Crippen LogP contribution < -0.4 is 10.2 Å². The van der Waals surface area contributed by atoms with Gasteiger partial charge in [-0.05, 0) is 30.3 Å². The van der Waals surface area contributed by atoms with Gasteiger partial charge in [0, 0.05) is 11.8 Å². The van der Waals surface area contributed by atoms with Gasteiger partial charge in [-0.3, -0.25) is 10.0 Å². The molecule has 0 aliphatic heterocycles. The number of halogens is 10. The van der Waals surface area contributed by atoms with Crippen LogP contribution in [-0.2, 0) is 5.92 Å². The van der Waals surface area contributed by atoms with E-state index in [0.717, 1.165) is 6.20 Å². The van der Waals surface area contributed by atoms with Crippen LogP contribution >= 0.6 is 0 Å². The maximum atomic E-state index is 13.8. The Morgan fingerprint density at radius 3 is 1.94 bits per heavy atom. The van der Waals surface area contributed by atoms with Crippen LogP contribution in [0.1, 0.15) is 15.9 Å². The smallest absolute Gasteiger partial charge is 0.436 e. The standard InChI is InChI=1S/C16H8F10N2O3/c17-10-5-7(11(29)28-30)6-27-12(10)31-9-3-1-8(2-4-9)13(18,19)14(20,21)15(22,23)16(24,25)26/h1-6,30H,(H,28,29). The Morgan fingerprint density at radius 2 is 1.48 bits per heavy atom. The van der Waals surface area contributed by atoms with Gasteiger partial charge in [-0.1, -0.05) is 0 Å². The van der Waals surface area contributed by atoms with Gasteiger partial charge in [0.2, 0.25) is 0 Å². The van der Waals surface area contributed by atoms with Crippen molar-refractivity contribution in [3.05, 3.63) is 53.5 Å². The first-order chi connectivity index (χ1) is 14.1. The van der Waals surface area contributed by atoms with E-state index in [2.05, 4.69) is 4.98 Å². The zero-order chi connectivity index (χ0) is 23.8. The molecule has 0 fully saturated rings. The van der Waals surface area contributed by atoms with Crippen LogP contribution in [0.3, 0.4) is 0 Å². The van der Waals surface area contributed by atoms with Crippen molar-refractivity contribution in [2.75, 3.05) is 0 Å². The van der Waals surface area contributed by atoms with Crippen LogP contribution in [0, 0.1) is 5.82 Å². The number of rotatable bonds is 6. The third-order valence-corrected chi connectivity index (χ3v) is 3.75. The molecule has 15 heteroatoms. The fraction of sp³-hybridized carbons (Fsp3) is 0.250. The van der Waals surface area contributed by atoms with Crippen molar-refractivity contribution in [2.45, 2.75) is 23.9 Å². The molecule has 2 aromatic rings. The summed E-state index contributed by atoms with van der Waals surface area (Å²) in [4.78, 5) is 14.5. The summed E-state index contributed by atoms with van der Waals surface area (Å²) in [5.41, 5.74) is -1.17. The van der Waals surface area contributed by atoms with Crippen molar-refractivity contribution in [1.82, 2.24) is 10.5 Å². The molecule has 0 aliphatic rings. The predicted molar refractivity (Wildman–Crippen MR) is 79.8 cm³/mol. The molecule has 31 heavy (non-hydrogen) atoms. The van der Waals surface area contributed by atoms with E-state index in [1.165, 1.54) is 5.48 Å². The van der Waals surface area contributed by atoms with Crippen molar-refractivity contribution >= 4 is 5.91 Å². The maximum Gasteiger partial charge on any atom is 0.460 e. The first-order valence-corrected chi connectivity index (χ1v) is 7.64. The van der Waals surface area contributed by atoms with Crippen LogP contribution in [0.4, 0.5) is 43.9 Å². The first-order valence-electron chi connectivity index (χ1n) is 7.64. The minimum Gasteiger partial charge on any atom is -0.436 e. The largest absolute Gasteiger partial charge is 0.460 e. The lowest BCUT2D eigenvalue weighted by Crippen LogP contribution is -2.59. The van der Waals surface area contributed by atoms with E-state index in [-0.39, 0.29) is 12.1 Å². The number of carbonyl (C=O) groups excluding carboxylic acids is 1. The summed E-state index contributed by atoms with van der Waals surface area (Å²) in [5.74, 6) is -23.6. The molecule has 2 rings (SSSR count). The van der Waals surface area contributed by atoms with Gasteiger partial charge in [0.15, 0.2) is 5.82 Å². The summed E-state index contributed by atoms with van der Waals surface area (Å²) in [6.45, 7) is 0. The molecule has 1 amide bonds. The molecule has 0 saturated heterocycles. The number of hydrogen-bond donors (Lipinski definition) is 2. The van der Waals surface area contributed by atoms with Crippen LogP contribution in [0.5, 0.6) is 11.6 Å². The number of aromatic nitrogens is 1. The van der Waals surface area contributed by atoms with E-state index in [9.17, 15) is 48.7 Å². The van der Waals surface area contributed by atoms with Crippen LogP contribution in [0.25, 0.3) is 0 Å². The van der Waals surface area contributed by atoms with E-state index in [4.69, 9.17) is 9.94 Å². The molecule has 0 radical (unpaired) electrons. The lowest BCUT2D eigenvalue weighted by atomic mass is 9.97. The number of alkyl halides is 9. The van der Waals surface area contributed by atoms with Crippen molar-refractivity contribution in [3.8, 4) is 11.6 Å². The van der Waals surface area contributed by atoms with Gasteiger partial charge < -0.3 is 4.74 Å². The Morgan fingerprint density at radius 1 is 0.935 bits per heavy atom. The van der Waals surface area contributed by atoms with E-state index in [1.807, 2.05) is 0 Å². The number of nitrogens with one attached hydrogen (secondary N) is 1. The van der Waals surface area contributed by atoms with Gasteiger partial charge in [-0.25, -0.2) is 14.9 Å². The zero-order valence-electron chi connectivity index (χ0n) is 14.5. The number of hydrogen-bond acceptors (Lipinski definition) is 4. The quantitative estimate of drug-likeness (QED) is 0.355. The predicted octanol–water partition coefficient (Wildman–Crippen LogP) is 5.06. The van der Waals surface area contributed by atoms with Crippen molar-refractivity contribution in [1.29, 1.82) is 0 Å². The Balaban J connectivity index is 2.30. The molecule has 1 heterocycles. The Hall–Kier alpha value is -3.10. The molecule has 5 nitrogen and oxygen atoms in total. The highest BCUT2D eigenvalue weighted by Gasteiger charge is 2.82. The number of pyridine rings is 1. The molecule has 170 valence electrons. The Kier molecular flexibility index (Phi) is 6.13. The molecule has 0 aliphatic carbocycles. The van der Waals surface area contributed by atoms with Crippen molar-refractivity contribution in [2.24, 2.45) is 0 Å².